The molecule has 0 bridgehead atoms. The standard InChI is InChI=1S/C23H29F2N2O9PS/c1-13(2)34-21(32)14(3)26-37(38,36-16-7-5-4-6-8-16)33-12-23(22(24)25)19(31)18(30)20(35-23)27-10-9-15(28)11-17(27)29/h4-10,13-14,18-20,22,30-31H,11-12H2,1-3H3,(H,26,38)/t14-,18-,19-,20+,23+,37?/m0/s1. The number of hydrogen-bond acceptors (Lipinski definition) is 10. The maximum absolute atomic E-state index is 14.4. The van der Waals surface area contributed by atoms with Crippen molar-refractivity contribution < 1.29 is 51.9 Å². The highest BCUT2D eigenvalue weighted by Gasteiger charge is 2.62. The fourth-order valence-electron chi connectivity index (χ4n) is 3.69. The van der Waals surface area contributed by atoms with Gasteiger partial charge in [-0.2, -0.15) is 0 Å². The van der Waals surface area contributed by atoms with Crippen LogP contribution in [0.1, 0.15) is 27.2 Å². The van der Waals surface area contributed by atoms with Crippen LogP contribution in [-0.2, 0) is 40.2 Å². The highest BCUT2D eigenvalue weighted by atomic mass is 32.5. The molecule has 1 aromatic carbocycles. The largest absolute Gasteiger partial charge is 0.462 e. The van der Waals surface area contributed by atoms with Gasteiger partial charge in [-0.15, -0.1) is 0 Å². The van der Waals surface area contributed by atoms with Gasteiger partial charge in [-0.25, -0.2) is 13.9 Å². The van der Waals surface area contributed by atoms with E-state index in [-0.39, 0.29) is 5.75 Å². The van der Waals surface area contributed by atoms with Gasteiger partial charge in [0.05, 0.1) is 19.1 Å². The van der Waals surface area contributed by atoms with Crippen molar-refractivity contribution in [3.8, 4) is 5.75 Å². The number of nitrogens with zero attached hydrogens (tertiary/aromatic N) is 1. The highest BCUT2D eigenvalue weighted by Crippen LogP contribution is 2.48. The Morgan fingerprint density at radius 2 is 1.92 bits per heavy atom. The zero-order chi connectivity index (χ0) is 28.3. The summed E-state index contributed by atoms with van der Waals surface area (Å²) in [6, 6.07) is 6.95. The maximum Gasteiger partial charge on any atom is 0.323 e. The van der Waals surface area contributed by atoms with Crippen LogP contribution in [0, 0.1) is 0 Å². The molecule has 1 unspecified atom stereocenters. The van der Waals surface area contributed by atoms with Gasteiger partial charge in [0.25, 0.3) is 6.43 Å². The first-order chi connectivity index (χ1) is 17.8. The minimum absolute atomic E-state index is 0.207. The van der Waals surface area contributed by atoms with Crippen molar-refractivity contribution in [1.82, 2.24) is 9.99 Å². The molecule has 38 heavy (non-hydrogen) atoms. The molecule has 6 atom stereocenters. The van der Waals surface area contributed by atoms with Crippen LogP contribution < -0.4 is 9.61 Å². The number of ether oxygens (including phenoxy) is 2. The van der Waals surface area contributed by atoms with Gasteiger partial charge in [0.2, 0.25) is 5.91 Å². The van der Waals surface area contributed by atoms with Gasteiger partial charge in [0, 0.05) is 6.20 Å². The van der Waals surface area contributed by atoms with Crippen LogP contribution in [0.4, 0.5) is 8.78 Å². The lowest BCUT2D eigenvalue weighted by Crippen LogP contribution is -2.53. The van der Waals surface area contributed by atoms with Crippen molar-refractivity contribution in [1.29, 1.82) is 0 Å². The Morgan fingerprint density at radius 3 is 2.50 bits per heavy atom. The van der Waals surface area contributed by atoms with Crippen molar-refractivity contribution in [2.24, 2.45) is 0 Å². The third-order valence-corrected chi connectivity index (χ3v) is 8.10. The Kier molecular flexibility index (Phi) is 9.74. The van der Waals surface area contributed by atoms with E-state index < -0.39 is 79.9 Å². The molecule has 3 N–H and O–H groups in total. The molecule has 1 amide bonds. The van der Waals surface area contributed by atoms with Crippen LogP contribution in [0.2, 0.25) is 0 Å². The number of aliphatic hydroxyl groups is 2. The first-order valence-corrected chi connectivity index (χ1v) is 14.2. The molecule has 2 aliphatic rings. The maximum atomic E-state index is 14.4. The average molecular weight is 579 g/mol. The monoisotopic (exact) mass is 578 g/mol. The van der Waals surface area contributed by atoms with Crippen molar-refractivity contribution in [3.63, 3.8) is 0 Å². The molecule has 15 heteroatoms. The number of hydrogen-bond donors (Lipinski definition) is 3. The molecule has 1 aromatic rings. The molecule has 0 aromatic heterocycles. The van der Waals surface area contributed by atoms with E-state index in [2.05, 4.69) is 5.09 Å². The summed E-state index contributed by atoms with van der Waals surface area (Å²) < 4.78 is 50.8. The van der Waals surface area contributed by atoms with Crippen LogP contribution in [0.15, 0.2) is 42.6 Å². The minimum atomic E-state index is -3.81. The first kappa shape index (κ1) is 30.2. The minimum Gasteiger partial charge on any atom is -0.462 e. The molecular formula is C23H29F2N2O9PS. The summed E-state index contributed by atoms with van der Waals surface area (Å²) in [6.07, 6.45) is -8.35. The fraction of sp³-hybridized carbons (Fsp3) is 0.522. The average Bonchev–Trinajstić information content (AvgIpc) is 3.09. The van der Waals surface area contributed by atoms with Crippen molar-refractivity contribution in [2.45, 2.75) is 69.8 Å². The Hall–Kier alpha value is -2.32. The summed E-state index contributed by atoms with van der Waals surface area (Å²) in [5, 5.41) is 23.9. The number of amides is 1. The van der Waals surface area contributed by atoms with Crippen LogP contribution in [0.5, 0.6) is 5.75 Å². The number of para-hydroxylation sites is 1. The Morgan fingerprint density at radius 1 is 1.26 bits per heavy atom. The van der Waals surface area contributed by atoms with E-state index >= 15 is 0 Å². The topological polar surface area (TPSA) is 144 Å². The van der Waals surface area contributed by atoms with Gasteiger partial charge in [-0.1, -0.05) is 18.2 Å². The lowest BCUT2D eigenvalue weighted by atomic mass is 9.96. The summed E-state index contributed by atoms with van der Waals surface area (Å²) in [7, 11) is 0. The van der Waals surface area contributed by atoms with Gasteiger partial charge < -0.3 is 28.7 Å². The molecule has 0 saturated carbocycles. The molecule has 210 valence electrons. The number of alkyl halides is 2. The molecule has 1 fully saturated rings. The predicted octanol–water partition coefficient (Wildman–Crippen LogP) is 1.63. The second-order valence-electron chi connectivity index (χ2n) is 8.97. The number of esters is 1. The SMILES string of the molecule is CC(C)OC(=O)[C@H](C)NP(=S)(OC[C@@]1(C(F)F)O[C@@H](N2C=CC(=O)CC2=O)[C@@H](O)[C@@H]1O)Oc1ccccc1. The van der Waals surface area contributed by atoms with E-state index in [0.29, 0.717) is 0 Å². The lowest BCUT2D eigenvalue weighted by Gasteiger charge is -2.34. The molecule has 1 saturated heterocycles. The molecule has 11 nitrogen and oxygen atoms in total. The second kappa shape index (κ2) is 12.2. The summed E-state index contributed by atoms with van der Waals surface area (Å²) >= 11 is 5.51. The van der Waals surface area contributed by atoms with E-state index in [1.807, 2.05) is 0 Å². The van der Waals surface area contributed by atoms with Crippen molar-refractivity contribution in [2.75, 3.05) is 6.61 Å². The second-order valence-corrected chi connectivity index (χ2v) is 12.1. The summed E-state index contributed by atoms with van der Waals surface area (Å²) in [5.74, 6) is -1.82. The number of halogens is 2. The molecule has 0 spiro atoms. The van der Waals surface area contributed by atoms with Crippen molar-refractivity contribution >= 4 is 36.1 Å². The Labute approximate surface area is 222 Å². The highest BCUT2D eigenvalue weighted by molar-refractivity contribution is 8.09. The molecule has 2 aliphatic heterocycles. The number of aliphatic hydroxyl groups excluding tert-OH is 2. The van der Waals surface area contributed by atoms with Gasteiger partial charge in [-0.3, -0.25) is 19.3 Å². The summed E-state index contributed by atoms with van der Waals surface area (Å²) in [6.45, 7) is -0.198. The number of ketones is 1. The quantitative estimate of drug-likeness (QED) is 0.200. The molecule has 0 aliphatic carbocycles. The van der Waals surface area contributed by atoms with Gasteiger partial charge >= 0.3 is 12.6 Å². The number of rotatable bonds is 11. The first-order valence-electron chi connectivity index (χ1n) is 11.6. The smallest absolute Gasteiger partial charge is 0.323 e. The van der Waals surface area contributed by atoms with Crippen LogP contribution in [0.25, 0.3) is 0 Å². The van der Waals surface area contributed by atoms with E-state index in [0.717, 1.165) is 17.2 Å². The lowest BCUT2D eigenvalue weighted by molar-refractivity contribution is -0.199. The predicted molar refractivity (Wildman–Crippen MR) is 132 cm³/mol. The third-order valence-electron chi connectivity index (χ3n) is 5.62. The Bertz CT molecular complexity index is 1110. The number of benzene rings is 1. The molecule has 0 radical (unpaired) electrons. The zero-order valence-electron chi connectivity index (χ0n) is 20.7. The van der Waals surface area contributed by atoms with Gasteiger partial charge in [-0.05, 0) is 50.8 Å². The van der Waals surface area contributed by atoms with E-state index in [1.165, 1.54) is 19.1 Å². The van der Waals surface area contributed by atoms with E-state index in [1.54, 1.807) is 32.0 Å². The zero-order valence-corrected chi connectivity index (χ0v) is 22.4. The number of nitrogens with one attached hydrogen (secondary N) is 1. The van der Waals surface area contributed by atoms with Crippen molar-refractivity contribution in [3.05, 3.63) is 42.6 Å². The van der Waals surface area contributed by atoms with Crippen LogP contribution >= 0.6 is 6.64 Å². The fourth-order valence-corrected chi connectivity index (χ4v) is 6.11. The van der Waals surface area contributed by atoms with Crippen LogP contribution in [-0.4, -0.2) is 82.0 Å². The number of carbonyl (C=O) groups excluding carboxylic acids is 3. The molecule has 3 rings (SSSR count). The normalized spacial score (nSPS) is 28.0. The van der Waals surface area contributed by atoms with E-state index in [4.69, 9.17) is 30.3 Å². The third kappa shape index (κ3) is 6.81. The summed E-state index contributed by atoms with van der Waals surface area (Å²) in [5.41, 5.74) is -2.84. The number of carbonyl (C=O) groups is 3. The summed E-state index contributed by atoms with van der Waals surface area (Å²) in [4.78, 5) is 36.9. The van der Waals surface area contributed by atoms with Gasteiger partial charge in [0.15, 0.2) is 17.6 Å². The molecule has 2 heterocycles. The van der Waals surface area contributed by atoms with E-state index in [9.17, 15) is 33.4 Å². The van der Waals surface area contributed by atoms with Gasteiger partial charge in [0.1, 0.15) is 24.0 Å². The Balaban J connectivity index is 1.87. The number of allylic oxidation sites excluding steroid dienone is 1. The van der Waals surface area contributed by atoms with Crippen LogP contribution in [0.3, 0.4) is 0 Å². The molecular weight excluding hydrogens is 549 g/mol.